The summed E-state index contributed by atoms with van der Waals surface area (Å²) in [7, 11) is 0. The molecule has 22 heavy (non-hydrogen) atoms. The Balaban J connectivity index is 1.91. The summed E-state index contributed by atoms with van der Waals surface area (Å²) in [6.45, 7) is 0. The van der Waals surface area contributed by atoms with Crippen molar-refractivity contribution in [1.82, 2.24) is 4.98 Å². The van der Waals surface area contributed by atoms with Gasteiger partial charge in [0.25, 0.3) is 0 Å². The number of para-hydroxylation sites is 2. The van der Waals surface area contributed by atoms with Gasteiger partial charge in [0.2, 0.25) is 6.29 Å². The van der Waals surface area contributed by atoms with Gasteiger partial charge in [-0.1, -0.05) is 36.4 Å². The minimum Gasteiger partial charge on any atom is -0.460 e. The Labute approximate surface area is 126 Å². The average molecular weight is 287 g/mol. The van der Waals surface area contributed by atoms with Gasteiger partial charge < -0.3 is 14.8 Å². The number of H-pyrrole nitrogens is 1. The van der Waals surface area contributed by atoms with E-state index < -0.39 is 6.29 Å². The highest BCUT2D eigenvalue weighted by molar-refractivity contribution is 6.09. The van der Waals surface area contributed by atoms with Gasteiger partial charge in [0.15, 0.2) is 0 Å². The maximum Gasteiger partial charge on any atom is 0.224 e. The van der Waals surface area contributed by atoms with Crippen LogP contribution in [-0.2, 0) is 0 Å². The molecule has 2 heterocycles. The fraction of sp³-hybridized carbons (Fsp3) is 0.0526. The number of rotatable bonds is 0. The maximum absolute atomic E-state index is 10.3. The summed E-state index contributed by atoms with van der Waals surface area (Å²) < 4.78 is 5.62. The van der Waals surface area contributed by atoms with Crippen molar-refractivity contribution in [3.8, 4) is 16.9 Å². The summed E-state index contributed by atoms with van der Waals surface area (Å²) in [5.41, 5.74) is 4.98. The van der Waals surface area contributed by atoms with E-state index in [9.17, 15) is 5.11 Å². The van der Waals surface area contributed by atoms with Crippen LogP contribution in [0.5, 0.6) is 5.75 Å². The van der Waals surface area contributed by atoms with Crippen molar-refractivity contribution < 1.29 is 9.84 Å². The first-order chi connectivity index (χ1) is 10.8. The molecule has 3 heteroatoms. The van der Waals surface area contributed by atoms with Crippen molar-refractivity contribution in [1.29, 1.82) is 0 Å². The molecular formula is C19H13NO2. The molecule has 106 valence electrons. The number of nitrogens with one attached hydrogen (secondary N) is 1. The molecule has 4 aromatic rings. The highest BCUT2D eigenvalue weighted by Crippen LogP contribution is 2.43. The molecule has 0 saturated heterocycles. The molecule has 0 bridgehead atoms. The second kappa shape index (κ2) is 4.12. The third-order valence-corrected chi connectivity index (χ3v) is 4.36. The molecule has 1 unspecified atom stereocenters. The largest absolute Gasteiger partial charge is 0.460 e. The fourth-order valence-corrected chi connectivity index (χ4v) is 3.33. The van der Waals surface area contributed by atoms with Crippen molar-refractivity contribution in [2.24, 2.45) is 0 Å². The number of aliphatic hydroxyl groups excluding tert-OH is 1. The number of benzene rings is 3. The van der Waals surface area contributed by atoms with Crippen LogP contribution >= 0.6 is 0 Å². The van der Waals surface area contributed by atoms with E-state index in [-0.39, 0.29) is 0 Å². The highest BCUT2D eigenvalue weighted by Gasteiger charge is 2.25. The molecular weight excluding hydrogens is 274 g/mol. The van der Waals surface area contributed by atoms with E-state index in [0.717, 1.165) is 33.5 Å². The molecule has 0 spiro atoms. The van der Waals surface area contributed by atoms with Crippen molar-refractivity contribution >= 4 is 21.8 Å². The summed E-state index contributed by atoms with van der Waals surface area (Å²) in [5, 5.41) is 12.7. The molecule has 5 rings (SSSR count). The summed E-state index contributed by atoms with van der Waals surface area (Å²) in [4.78, 5) is 3.41. The van der Waals surface area contributed by atoms with E-state index in [1.807, 2.05) is 42.5 Å². The SMILES string of the molecule is OC1Oc2ccccc2-c2cc3c(cc21)[nH]c1ccccc13. The van der Waals surface area contributed by atoms with Gasteiger partial charge in [0, 0.05) is 32.9 Å². The Bertz CT molecular complexity index is 1030. The van der Waals surface area contributed by atoms with Gasteiger partial charge in [-0.15, -0.1) is 0 Å². The molecule has 3 aromatic carbocycles. The van der Waals surface area contributed by atoms with Gasteiger partial charge in [0.1, 0.15) is 5.75 Å². The molecule has 1 aromatic heterocycles. The fourth-order valence-electron chi connectivity index (χ4n) is 3.33. The van der Waals surface area contributed by atoms with E-state index in [0.29, 0.717) is 0 Å². The van der Waals surface area contributed by atoms with Crippen LogP contribution in [0.4, 0.5) is 0 Å². The normalized spacial score (nSPS) is 16.3. The smallest absolute Gasteiger partial charge is 0.224 e. The quantitative estimate of drug-likeness (QED) is 0.504. The van der Waals surface area contributed by atoms with Crippen LogP contribution in [0.3, 0.4) is 0 Å². The average Bonchev–Trinajstić information content (AvgIpc) is 2.91. The number of aromatic nitrogens is 1. The Morgan fingerprint density at radius 1 is 0.818 bits per heavy atom. The predicted molar refractivity (Wildman–Crippen MR) is 86.8 cm³/mol. The van der Waals surface area contributed by atoms with Gasteiger partial charge in [0.05, 0.1) is 0 Å². The van der Waals surface area contributed by atoms with Crippen LogP contribution in [0.15, 0.2) is 60.7 Å². The molecule has 0 fully saturated rings. The van der Waals surface area contributed by atoms with Crippen molar-refractivity contribution in [3.63, 3.8) is 0 Å². The lowest BCUT2D eigenvalue weighted by molar-refractivity contribution is -0.0212. The molecule has 1 aliphatic rings. The van der Waals surface area contributed by atoms with Crippen molar-refractivity contribution in [2.75, 3.05) is 0 Å². The first-order valence-corrected chi connectivity index (χ1v) is 7.30. The molecule has 0 saturated carbocycles. The lowest BCUT2D eigenvalue weighted by atomic mass is 9.94. The summed E-state index contributed by atoms with van der Waals surface area (Å²) in [6, 6.07) is 20.2. The summed E-state index contributed by atoms with van der Waals surface area (Å²) in [5.74, 6) is 0.724. The van der Waals surface area contributed by atoms with Gasteiger partial charge in [-0.05, 0) is 29.8 Å². The topological polar surface area (TPSA) is 45.2 Å². The molecule has 1 atom stereocenters. The highest BCUT2D eigenvalue weighted by atomic mass is 16.6. The number of ether oxygens (including phenoxy) is 1. The monoisotopic (exact) mass is 287 g/mol. The van der Waals surface area contributed by atoms with Gasteiger partial charge in [-0.25, -0.2) is 0 Å². The van der Waals surface area contributed by atoms with Crippen LogP contribution in [-0.4, -0.2) is 10.1 Å². The zero-order valence-corrected chi connectivity index (χ0v) is 11.7. The zero-order chi connectivity index (χ0) is 14.7. The second-order valence-electron chi connectivity index (χ2n) is 5.62. The van der Waals surface area contributed by atoms with Crippen LogP contribution in [0.2, 0.25) is 0 Å². The number of hydrogen-bond acceptors (Lipinski definition) is 2. The van der Waals surface area contributed by atoms with Crippen LogP contribution < -0.4 is 4.74 Å². The van der Waals surface area contributed by atoms with Crippen molar-refractivity contribution in [3.05, 3.63) is 66.2 Å². The summed E-state index contributed by atoms with van der Waals surface area (Å²) in [6.07, 6.45) is -0.930. The molecule has 0 radical (unpaired) electrons. The second-order valence-corrected chi connectivity index (χ2v) is 5.62. The first-order valence-electron chi connectivity index (χ1n) is 7.30. The van der Waals surface area contributed by atoms with E-state index in [2.05, 4.69) is 23.2 Å². The number of aromatic amines is 1. The van der Waals surface area contributed by atoms with Gasteiger partial charge in [-0.3, -0.25) is 0 Å². The number of hydrogen-bond donors (Lipinski definition) is 2. The van der Waals surface area contributed by atoms with Gasteiger partial charge >= 0.3 is 0 Å². The minimum absolute atomic E-state index is 0.724. The Morgan fingerprint density at radius 2 is 1.64 bits per heavy atom. The maximum atomic E-state index is 10.3. The van der Waals surface area contributed by atoms with Crippen LogP contribution in [0, 0.1) is 0 Å². The minimum atomic E-state index is -0.930. The Kier molecular flexibility index (Phi) is 2.22. The van der Waals surface area contributed by atoms with E-state index >= 15 is 0 Å². The van der Waals surface area contributed by atoms with Gasteiger partial charge in [-0.2, -0.15) is 0 Å². The number of aliphatic hydroxyl groups is 1. The Hall–Kier alpha value is -2.78. The van der Waals surface area contributed by atoms with E-state index in [1.54, 1.807) is 0 Å². The van der Waals surface area contributed by atoms with E-state index in [4.69, 9.17) is 4.74 Å². The van der Waals surface area contributed by atoms with Crippen molar-refractivity contribution in [2.45, 2.75) is 6.29 Å². The summed E-state index contributed by atoms with van der Waals surface area (Å²) >= 11 is 0. The van der Waals surface area contributed by atoms with Crippen LogP contribution in [0.25, 0.3) is 32.9 Å². The first kappa shape index (κ1) is 11.8. The van der Waals surface area contributed by atoms with E-state index in [1.165, 1.54) is 10.8 Å². The molecule has 2 N–H and O–H groups in total. The molecule has 3 nitrogen and oxygen atoms in total. The molecule has 1 aliphatic heterocycles. The third-order valence-electron chi connectivity index (χ3n) is 4.36. The standard InChI is InChI=1S/C19H13NO2/c21-19-15-10-17-14(11-5-1-3-7-16(11)20-17)9-13(15)12-6-2-4-8-18(12)22-19/h1-10,19-21H. The number of fused-ring (bicyclic) bond motifs is 6. The zero-order valence-electron chi connectivity index (χ0n) is 11.7. The predicted octanol–water partition coefficient (Wildman–Crippen LogP) is 4.37. The lowest BCUT2D eigenvalue weighted by Gasteiger charge is -2.25. The molecule has 0 aliphatic carbocycles. The molecule has 0 amide bonds. The lowest BCUT2D eigenvalue weighted by Crippen LogP contribution is -2.13. The Morgan fingerprint density at radius 3 is 2.59 bits per heavy atom. The van der Waals surface area contributed by atoms with Crippen LogP contribution in [0.1, 0.15) is 11.9 Å². The third kappa shape index (κ3) is 1.49.